The molecular weight excluding hydrogens is 295 g/mol. The largest absolute Gasteiger partial charge is 0.383 e. The molecular formula is C16H17FN6. The van der Waals surface area contributed by atoms with Gasteiger partial charge in [-0.1, -0.05) is 6.07 Å². The number of benzene rings is 1. The molecule has 0 amide bonds. The minimum atomic E-state index is -0.294. The molecule has 0 aliphatic heterocycles. The smallest absolute Gasteiger partial charge is 0.224 e. The lowest BCUT2D eigenvalue weighted by Gasteiger charge is -2.12. The molecule has 2 aromatic heterocycles. The normalized spacial score (nSPS) is 10.9. The van der Waals surface area contributed by atoms with Gasteiger partial charge >= 0.3 is 0 Å². The Morgan fingerprint density at radius 2 is 1.96 bits per heavy atom. The van der Waals surface area contributed by atoms with E-state index in [4.69, 9.17) is 11.5 Å². The number of nitrogens with zero attached hydrogens (tertiary/aromatic N) is 3. The van der Waals surface area contributed by atoms with Crippen molar-refractivity contribution in [2.75, 3.05) is 16.8 Å². The molecule has 0 atom stereocenters. The van der Waals surface area contributed by atoms with Gasteiger partial charge in [0.25, 0.3) is 0 Å². The maximum absolute atomic E-state index is 13.8. The highest BCUT2D eigenvalue weighted by atomic mass is 19.1. The van der Waals surface area contributed by atoms with E-state index in [-0.39, 0.29) is 11.8 Å². The van der Waals surface area contributed by atoms with Gasteiger partial charge in [0.1, 0.15) is 11.6 Å². The number of anilines is 3. The van der Waals surface area contributed by atoms with Crippen LogP contribution in [0.5, 0.6) is 0 Å². The third kappa shape index (κ3) is 2.85. The third-order valence-electron chi connectivity index (χ3n) is 3.73. The first-order chi connectivity index (χ1) is 11.0. The zero-order valence-corrected chi connectivity index (χ0v) is 12.9. The van der Waals surface area contributed by atoms with Crippen molar-refractivity contribution in [3.8, 4) is 0 Å². The number of hydrogen-bond acceptors (Lipinski definition) is 6. The number of rotatable bonds is 3. The molecule has 0 fully saturated rings. The van der Waals surface area contributed by atoms with E-state index in [0.717, 1.165) is 16.7 Å². The van der Waals surface area contributed by atoms with E-state index in [1.165, 1.54) is 6.07 Å². The minimum Gasteiger partial charge on any atom is -0.383 e. The third-order valence-corrected chi connectivity index (χ3v) is 3.73. The van der Waals surface area contributed by atoms with Gasteiger partial charge in [-0.3, -0.25) is 0 Å². The zero-order chi connectivity index (χ0) is 16.6. The van der Waals surface area contributed by atoms with Crippen LogP contribution in [0.4, 0.5) is 21.8 Å². The number of nitrogens with two attached hydrogens (primary N) is 2. The van der Waals surface area contributed by atoms with Crippen LogP contribution in [0.2, 0.25) is 0 Å². The Morgan fingerprint density at radius 1 is 1.17 bits per heavy atom. The first kappa shape index (κ1) is 15.0. The fourth-order valence-electron chi connectivity index (χ4n) is 2.48. The minimum absolute atomic E-state index is 0.0922. The number of aromatic nitrogens is 3. The Morgan fingerprint density at radius 3 is 2.74 bits per heavy atom. The molecule has 0 spiro atoms. The van der Waals surface area contributed by atoms with Gasteiger partial charge in [0.05, 0.1) is 11.1 Å². The number of halogens is 1. The molecule has 0 saturated carbocycles. The number of nitrogen functional groups attached to an aromatic ring is 2. The second kappa shape index (κ2) is 5.68. The van der Waals surface area contributed by atoms with Crippen LogP contribution in [-0.4, -0.2) is 15.0 Å². The Bertz CT molecular complexity index is 893. The summed E-state index contributed by atoms with van der Waals surface area (Å²) in [6, 6.07) is 4.93. The van der Waals surface area contributed by atoms with E-state index in [1.807, 2.05) is 13.8 Å². The second-order valence-corrected chi connectivity index (χ2v) is 5.41. The maximum atomic E-state index is 13.8. The van der Waals surface area contributed by atoms with Crippen molar-refractivity contribution in [2.45, 2.75) is 20.4 Å². The highest BCUT2D eigenvalue weighted by Crippen LogP contribution is 2.25. The lowest BCUT2D eigenvalue weighted by molar-refractivity contribution is 0.629. The van der Waals surface area contributed by atoms with Crippen LogP contribution in [0.3, 0.4) is 0 Å². The summed E-state index contributed by atoms with van der Waals surface area (Å²) in [5.74, 6) is 0.0910. The summed E-state index contributed by atoms with van der Waals surface area (Å²) in [5.41, 5.74) is 15.2. The van der Waals surface area contributed by atoms with Crippen LogP contribution in [-0.2, 0) is 6.54 Å². The summed E-state index contributed by atoms with van der Waals surface area (Å²) in [5, 5.41) is 3.75. The summed E-state index contributed by atoms with van der Waals surface area (Å²) >= 11 is 0. The fraction of sp³-hybridized carbons (Fsp3) is 0.188. The average molecular weight is 312 g/mol. The van der Waals surface area contributed by atoms with Crippen LogP contribution >= 0.6 is 0 Å². The number of nitrogens with one attached hydrogen (secondary N) is 1. The number of hydrogen-bond donors (Lipinski definition) is 3. The molecule has 23 heavy (non-hydrogen) atoms. The first-order valence-electron chi connectivity index (χ1n) is 7.13. The highest BCUT2D eigenvalue weighted by molar-refractivity contribution is 5.89. The van der Waals surface area contributed by atoms with Gasteiger partial charge in [0.15, 0.2) is 5.65 Å². The predicted molar refractivity (Wildman–Crippen MR) is 89.4 cm³/mol. The van der Waals surface area contributed by atoms with Gasteiger partial charge in [-0.25, -0.2) is 9.37 Å². The van der Waals surface area contributed by atoms with Crippen LogP contribution in [0.25, 0.3) is 11.0 Å². The zero-order valence-electron chi connectivity index (χ0n) is 12.9. The van der Waals surface area contributed by atoms with E-state index in [1.54, 1.807) is 18.3 Å². The number of aryl methyl sites for hydroxylation is 2. The molecule has 0 bridgehead atoms. The summed E-state index contributed by atoms with van der Waals surface area (Å²) in [6.45, 7) is 4.23. The van der Waals surface area contributed by atoms with E-state index in [9.17, 15) is 4.39 Å². The number of pyridine rings is 1. The average Bonchev–Trinajstić information content (AvgIpc) is 2.49. The predicted octanol–water partition coefficient (Wildman–Crippen LogP) is 2.56. The SMILES string of the molecule is Cc1ccc(F)c(NCc2cnc3nc(N)nc(N)c3c2C)c1. The van der Waals surface area contributed by atoms with E-state index < -0.39 is 0 Å². The van der Waals surface area contributed by atoms with Gasteiger partial charge < -0.3 is 16.8 Å². The maximum Gasteiger partial charge on any atom is 0.224 e. The van der Waals surface area contributed by atoms with Crippen molar-refractivity contribution in [2.24, 2.45) is 0 Å². The van der Waals surface area contributed by atoms with Crippen LogP contribution in [0, 0.1) is 19.7 Å². The van der Waals surface area contributed by atoms with Gasteiger partial charge in [-0.05, 0) is 42.7 Å². The van der Waals surface area contributed by atoms with Crippen molar-refractivity contribution in [3.05, 3.63) is 46.9 Å². The summed E-state index contributed by atoms with van der Waals surface area (Å²) in [7, 11) is 0. The fourth-order valence-corrected chi connectivity index (χ4v) is 2.48. The van der Waals surface area contributed by atoms with Crippen molar-refractivity contribution in [1.29, 1.82) is 0 Å². The molecule has 5 N–H and O–H groups in total. The van der Waals surface area contributed by atoms with Crippen molar-refractivity contribution < 1.29 is 4.39 Å². The molecule has 0 radical (unpaired) electrons. The van der Waals surface area contributed by atoms with E-state index in [2.05, 4.69) is 20.3 Å². The molecule has 6 nitrogen and oxygen atoms in total. The van der Waals surface area contributed by atoms with Gasteiger partial charge in [-0.2, -0.15) is 9.97 Å². The molecule has 0 unspecified atom stereocenters. The molecule has 2 heterocycles. The molecule has 0 saturated heterocycles. The van der Waals surface area contributed by atoms with Gasteiger partial charge in [0, 0.05) is 12.7 Å². The standard InChI is InChI=1S/C16H17FN6/c1-8-3-4-11(17)12(5-8)20-6-10-7-21-15-13(9(10)2)14(18)22-16(19)23-15/h3-5,7,20H,6H2,1-2H3,(H4,18,19,21,22,23). The highest BCUT2D eigenvalue weighted by Gasteiger charge is 2.11. The quantitative estimate of drug-likeness (QED) is 0.687. The first-order valence-corrected chi connectivity index (χ1v) is 7.13. The molecule has 0 aliphatic carbocycles. The molecule has 7 heteroatoms. The van der Waals surface area contributed by atoms with Crippen LogP contribution < -0.4 is 16.8 Å². The van der Waals surface area contributed by atoms with Crippen molar-refractivity contribution >= 4 is 28.5 Å². The van der Waals surface area contributed by atoms with Gasteiger partial charge in [0.2, 0.25) is 5.95 Å². The van der Waals surface area contributed by atoms with Crippen LogP contribution in [0.15, 0.2) is 24.4 Å². The lowest BCUT2D eigenvalue weighted by Crippen LogP contribution is -2.07. The van der Waals surface area contributed by atoms with E-state index in [0.29, 0.717) is 29.1 Å². The molecule has 1 aromatic carbocycles. The van der Waals surface area contributed by atoms with Crippen molar-refractivity contribution in [3.63, 3.8) is 0 Å². The summed E-state index contributed by atoms with van der Waals surface area (Å²) in [4.78, 5) is 12.3. The molecule has 3 rings (SSSR count). The molecule has 0 aliphatic rings. The van der Waals surface area contributed by atoms with E-state index >= 15 is 0 Å². The Labute approximate surface area is 132 Å². The Hall–Kier alpha value is -2.96. The summed E-state index contributed by atoms with van der Waals surface area (Å²) in [6.07, 6.45) is 1.68. The summed E-state index contributed by atoms with van der Waals surface area (Å²) < 4.78 is 13.8. The molecule has 118 valence electrons. The second-order valence-electron chi connectivity index (χ2n) is 5.41. The Kier molecular flexibility index (Phi) is 3.69. The van der Waals surface area contributed by atoms with Gasteiger partial charge in [-0.15, -0.1) is 0 Å². The monoisotopic (exact) mass is 312 g/mol. The topological polar surface area (TPSA) is 103 Å². The lowest BCUT2D eigenvalue weighted by atomic mass is 10.1. The molecule has 3 aromatic rings. The van der Waals surface area contributed by atoms with Crippen molar-refractivity contribution in [1.82, 2.24) is 15.0 Å². The Balaban J connectivity index is 1.95. The number of fused-ring (bicyclic) bond motifs is 1. The van der Waals surface area contributed by atoms with Crippen LogP contribution in [0.1, 0.15) is 16.7 Å².